The van der Waals surface area contributed by atoms with Crippen molar-refractivity contribution in [1.29, 1.82) is 0 Å². The second kappa shape index (κ2) is 6.38. The molecule has 1 rings (SSSR count). The number of phenols is 1. The van der Waals surface area contributed by atoms with Crippen LogP contribution in [0.2, 0.25) is 0 Å². The topological polar surface area (TPSA) is 20.2 Å². The van der Waals surface area contributed by atoms with E-state index in [0.29, 0.717) is 5.75 Å². The Balaban J connectivity index is 3.61. The molecule has 16 heavy (non-hydrogen) atoms. The SMILES string of the molecule is CSc1c(C)c(O)c(SC)c(SC)c1SC. The van der Waals surface area contributed by atoms with Crippen molar-refractivity contribution in [3.05, 3.63) is 5.56 Å². The van der Waals surface area contributed by atoms with Gasteiger partial charge in [-0.25, -0.2) is 0 Å². The monoisotopic (exact) mass is 292 g/mol. The number of hydrogen-bond acceptors (Lipinski definition) is 5. The summed E-state index contributed by atoms with van der Waals surface area (Å²) in [5.41, 5.74) is 0.999. The molecule has 0 aliphatic rings. The maximum atomic E-state index is 10.2. The van der Waals surface area contributed by atoms with Gasteiger partial charge in [0.15, 0.2) is 0 Å². The molecule has 1 aromatic rings. The highest BCUT2D eigenvalue weighted by atomic mass is 32.2. The molecule has 5 heteroatoms. The van der Waals surface area contributed by atoms with Gasteiger partial charge in [-0.05, 0) is 31.9 Å². The predicted octanol–water partition coefficient (Wildman–Crippen LogP) is 4.59. The van der Waals surface area contributed by atoms with Crippen LogP contribution in [0.3, 0.4) is 0 Å². The van der Waals surface area contributed by atoms with Crippen molar-refractivity contribution >= 4 is 47.0 Å². The molecule has 0 aliphatic heterocycles. The van der Waals surface area contributed by atoms with E-state index in [-0.39, 0.29) is 0 Å². The van der Waals surface area contributed by atoms with E-state index < -0.39 is 0 Å². The first kappa shape index (κ1) is 14.5. The van der Waals surface area contributed by atoms with Crippen LogP contribution >= 0.6 is 47.0 Å². The van der Waals surface area contributed by atoms with Gasteiger partial charge < -0.3 is 5.11 Å². The molecule has 0 heterocycles. The molecule has 0 bridgehead atoms. The summed E-state index contributed by atoms with van der Waals surface area (Å²) in [7, 11) is 0. The summed E-state index contributed by atoms with van der Waals surface area (Å²) in [6.07, 6.45) is 8.23. The Hall–Kier alpha value is 0.420. The molecule has 90 valence electrons. The van der Waals surface area contributed by atoms with E-state index in [1.807, 2.05) is 13.2 Å². The zero-order chi connectivity index (χ0) is 12.3. The van der Waals surface area contributed by atoms with Crippen LogP contribution in [0.15, 0.2) is 19.6 Å². The summed E-state index contributed by atoms with van der Waals surface area (Å²) in [5.74, 6) is 0.444. The second-order valence-corrected chi connectivity index (χ2v) is 6.37. The van der Waals surface area contributed by atoms with Gasteiger partial charge in [-0.2, -0.15) is 0 Å². The van der Waals surface area contributed by atoms with E-state index in [2.05, 4.69) is 18.8 Å². The molecule has 0 unspecified atom stereocenters. The highest BCUT2D eigenvalue weighted by Crippen LogP contribution is 2.48. The van der Waals surface area contributed by atoms with Gasteiger partial charge in [-0.15, -0.1) is 47.0 Å². The number of phenolic OH excluding ortho intramolecular Hbond substituents is 1. The maximum absolute atomic E-state index is 10.2. The number of hydrogen-bond donors (Lipinski definition) is 1. The zero-order valence-electron chi connectivity index (χ0n) is 10.1. The highest BCUT2D eigenvalue weighted by Gasteiger charge is 2.19. The van der Waals surface area contributed by atoms with E-state index in [1.54, 1.807) is 47.0 Å². The van der Waals surface area contributed by atoms with Crippen LogP contribution in [0.5, 0.6) is 5.75 Å². The maximum Gasteiger partial charge on any atom is 0.134 e. The van der Waals surface area contributed by atoms with Crippen molar-refractivity contribution in [2.75, 3.05) is 25.0 Å². The molecule has 0 spiro atoms. The minimum Gasteiger partial charge on any atom is -0.506 e. The average molecular weight is 293 g/mol. The van der Waals surface area contributed by atoms with Gasteiger partial charge in [0.25, 0.3) is 0 Å². The quantitative estimate of drug-likeness (QED) is 0.817. The second-order valence-electron chi connectivity index (χ2n) is 3.11. The van der Waals surface area contributed by atoms with Crippen molar-refractivity contribution < 1.29 is 5.11 Å². The first-order valence-corrected chi connectivity index (χ1v) is 9.57. The summed E-state index contributed by atoms with van der Waals surface area (Å²) in [6, 6.07) is 0. The Bertz CT molecular complexity index is 353. The molecule has 0 atom stereocenters. The van der Waals surface area contributed by atoms with Crippen molar-refractivity contribution in [1.82, 2.24) is 0 Å². The van der Waals surface area contributed by atoms with E-state index in [1.165, 1.54) is 14.7 Å². The molecular formula is C11H16OS4. The summed E-state index contributed by atoms with van der Waals surface area (Å²) >= 11 is 6.79. The smallest absolute Gasteiger partial charge is 0.134 e. The van der Waals surface area contributed by atoms with Crippen LogP contribution in [-0.2, 0) is 0 Å². The van der Waals surface area contributed by atoms with Crippen LogP contribution in [0, 0.1) is 6.92 Å². The number of rotatable bonds is 4. The minimum absolute atomic E-state index is 0.444. The molecule has 0 amide bonds. The van der Waals surface area contributed by atoms with E-state index in [0.717, 1.165) is 10.5 Å². The van der Waals surface area contributed by atoms with Gasteiger partial charge in [0.05, 0.1) is 4.90 Å². The highest BCUT2D eigenvalue weighted by molar-refractivity contribution is 8.04. The fourth-order valence-corrected chi connectivity index (χ4v) is 5.72. The van der Waals surface area contributed by atoms with E-state index >= 15 is 0 Å². The Morgan fingerprint density at radius 2 is 1.06 bits per heavy atom. The summed E-state index contributed by atoms with van der Waals surface area (Å²) in [4.78, 5) is 4.70. The molecule has 1 nitrogen and oxygen atoms in total. The lowest BCUT2D eigenvalue weighted by Crippen LogP contribution is -1.92. The third-order valence-corrected chi connectivity index (χ3v) is 6.09. The molecule has 1 N–H and O–H groups in total. The Morgan fingerprint density at radius 3 is 1.44 bits per heavy atom. The minimum atomic E-state index is 0.444. The van der Waals surface area contributed by atoms with Gasteiger partial charge in [-0.1, -0.05) is 0 Å². The van der Waals surface area contributed by atoms with Crippen molar-refractivity contribution in [3.8, 4) is 5.75 Å². The van der Waals surface area contributed by atoms with Crippen LogP contribution in [0.4, 0.5) is 0 Å². The van der Waals surface area contributed by atoms with Gasteiger partial charge in [0, 0.05) is 20.2 Å². The van der Waals surface area contributed by atoms with Crippen LogP contribution < -0.4 is 0 Å². The number of thioether (sulfide) groups is 4. The number of aromatic hydroxyl groups is 1. The van der Waals surface area contributed by atoms with E-state index in [4.69, 9.17) is 0 Å². The molecular weight excluding hydrogens is 276 g/mol. The summed E-state index contributed by atoms with van der Waals surface area (Å²) in [6.45, 7) is 1.99. The third-order valence-electron chi connectivity index (χ3n) is 2.35. The zero-order valence-corrected chi connectivity index (χ0v) is 13.3. The summed E-state index contributed by atoms with van der Waals surface area (Å²) < 4.78 is 0. The largest absolute Gasteiger partial charge is 0.506 e. The molecule has 0 saturated carbocycles. The van der Waals surface area contributed by atoms with Crippen molar-refractivity contribution in [3.63, 3.8) is 0 Å². The Kier molecular flexibility index (Phi) is 5.77. The third kappa shape index (κ3) is 2.47. The van der Waals surface area contributed by atoms with Crippen LogP contribution in [0.25, 0.3) is 0 Å². The van der Waals surface area contributed by atoms with Crippen molar-refractivity contribution in [2.45, 2.75) is 26.5 Å². The van der Waals surface area contributed by atoms with Gasteiger partial charge >= 0.3 is 0 Å². The Labute approximate surface area is 115 Å². The molecule has 1 aromatic carbocycles. The van der Waals surface area contributed by atoms with Crippen LogP contribution in [0.1, 0.15) is 5.56 Å². The lowest BCUT2D eigenvalue weighted by atomic mass is 10.2. The predicted molar refractivity (Wildman–Crippen MR) is 80.0 cm³/mol. The van der Waals surface area contributed by atoms with Crippen molar-refractivity contribution in [2.24, 2.45) is 0 Å². The Morgan fingerprint density at radius 1 is 0.688 bits per heavy atom. The molecule has 0 aliphatic carbocycles. The molecule has 0 fully saturated rings. The first-order valence-electron chi connectivity index (χ1n) is 4.67. The van der Waals surface area contributed by atoms with Crippen LogP contribution in [-0.4, -0.2) is 30.1 Å². The fraction of sp³-hybridized carbons (Fsp3) is 0.455. The molecule has 0 saturated heterocycles. The average Bonchev–Trinajstić information content (AvgIpc) is 2.31. The normalized spacial score (nSPS) is 10.8. The van der Waals surface area contributed by atoms with Gasteiger partial charge in [-0.3, -0.25) is 0 Å². The summed E-state index contributed by atoms with van der Waals surface area (Å²) in [5, 5.41) is 10.2. The first-order chi connectivity index (χ1) is 7.62. The van der Waals surface area contributed by atoms with Gasteiger partial charge in [0.2, 0.25) is 0 Å². The van der Waals surface area contributed by atoms with E-state index in [9.17, 15) is 5.11 Å². The van der Waals surface area contributed by atoms with Gasteiger partial charge in [0.1, 0.15) is 5.75 Å². The lowest BCUT2D eigenvalue weighted by Gasteiger charge is -2.18. The lowest BCUT2D eigenvalue weighted by molar-refractivity contribution is 0.450. The molecule has 0 aromatic heterocycles. The standard InChI is InChI=1S/C11H16OS4/c1-6-7(12)9(14-3)11(16-5)10(15-4)8(6)13-2/h12H,1-5H3. The number of benzene rings is 1. The fourth-order valence-electron chi connectivity index (χ4n) is 1.57. The molecule has 0 radical (unpaired) electrons.